The van der Waals surface area contributed by atoms with Crippen LogP contribution in [0.3, 0.4) is 0 Å². The van der Waals surface area contributed by atoms with E-state index in [0.717, 1.165) is 23.5 Å². The van der Waals surface area contributed by atoms with Gasteiger partial charge in [-0.15, -0.1) is 11.3 Å². The molecule has 2 heterocycles. The SMILES string of the molecule is COC(=O)c1c(NC(=O)C[NH+]2CCCCC2)sc(C)c1C. The summed E-state index contributed by atoms with van der Waals surface area (Å²) in [6.45, 7) is 6.40. The Kier molecular flexibility index (Phi) is 5.36. The number of anilines is 1. The van der Waals surface area contributed by atoms with E-state index in [1.165, 1.54) is 42.6 Å². The Bertz CT molecular complexity index is 533. The topological polar surface area (TPSA) is 59.8 Å². The van der Waals surface area contributed by atoms with Gasteiger partial charge in [0.05, 0.1) is 25.8 Å². The molecule has 2 N–H and O–H groups in total. The third-order valence-electron chi connectivity index (χ3n) is 4.00. The summed E-state index contributed by atoms with van der Waals surface area (Å²) >= 11 is 1.43. The summed E-state index contributed by atoms with van der Waals surface area (Å²) in [5.74, 6) is -0.421. The number of rotatable bonds is 4. The number of hydrogen-bond donors (Lipinski definition) is 2. The molecule has 1 saturated heterocycles. The molecule has 1 aliphatic rings. The lowest BCUT2D eigenvalue weighted by Crippen LogP contribution is -3.13. The summed E-state index contributed by atoms with van der Waals surface area (Å²) in [4.78, 5) is 26.4. The number of carbonyl (C=O) groups excluding carboxylic acids is 2. The Morgan fingerprint density at radius 1 is 1.24 bits per heavy atom. The van der Waals surface area contributed by atoms with E-state index in [1.807, 2.05) is 13.8 Å². The van der Waals surface area contributed by atoms with E-state index in [-0.39, 0.29) is 5.91 Å². The largest absolute Gasteiger partial charge is 0.465 e. The van der Waals surface area contributed by atoms with Crippen molar-refractivity contribution in [2.75, 3.05) is 32.1 Å². The van der Waals surface area contributed by atoms with E-state index in [2.05, 4.69) is 5.32 Å². The van der Waals surface area contributed by atoms with Gasteiger partial charge >= 0.3 is 5.97 Å². The summed E-state index contributed by atoms with van der Waals surface area (Å²) in [5.41, 5.74) is 1.37. The molecule has 0 spiro atoms. The van der Waals surface area contributed by atoms with Crippen LogP contribution >= 0.6 is 11.3 Å². The molecular weight excluding hydrogens is 288 g/mol. The third-order valence-corrected chi connectivity index (χ3v) is 5.12. The number of amides is 1. The van der Waals surface area contributed by atoms with Crippen LogP contribution in [-0.4, -0.2) is 38.6 Å². The Labute approximate surface area is 129 Å². The number of aryl methyl sites for hydroxylation is 1. The lowest BCUT2D eigenvalue weighted by Gasteiger charge is -2.22. The van der Waals surface area contributed by atoms with Gasteiger partial charge in [0.2, 0.25) is 0 Å². The zero-order valence-electron chi connectivity index (χ0n) is 12.9. The minimum Gasteiger partial charge on any atom is -0.465 e. The van der Waals surface area contributed by atoms with Crippen molar-refractivity contribution in [3.8, 4) is 0 Å². The number of esters is 1. The highest BCUT2D eigenvalue weighted by molar-refractivity contribution is 7.16. The summed E-state index contributed by atoms with van der Waals surface area (Å²) in [6.07, 6.45) is 3.64. The smallest absolute Gasteiger partial charge is 0.341 e. The molecule has 1 aromatic heterocycles. The number of carbonyl (C=O) groups is 2. The van der Waals surface area contributed by atoms with Gasteiger partial charge in [0, 0.05) is 4.88 Å². The molecule has 5 nitrogen and oxygen atoms in total. The normalized spacial score (nSPS) is 15.8. The highest BCUT2D eigenvalue weighted by Crippen LogP contribution is 2.32. The fraction of sp³-hybridized carbons (Fsp3) is 0.600. The fourth-order valence-corrected chi connectivity index (χ4v) is 3.75. The van der Waals surface area contributed by atoms with Gasteiger partial charge in [0.15, 0.2) is 6.54 Å². The maximum absolute atomic E-state index is 12.2. The van der Waals surface area contributed by atoms with Crippen LogP contribution < -0.4 is 10.2 Å². The van der Waals surface area contributed by atoms with Crippen LogP contribution in [0.2, 0.25) is 0 Å². The van der Waals surface area contributed by atoms with E-state index in [4.69, 9.17) is 4.74 Å². The van der Waals surface area contributed by atoms with Crippen molar-refractivity contribution in [1.29, 1.82) is 0 Å². The first kappa shape index (κ1) is 16.0. The number of nitrogens with one attached hydrogen (secondary N) is 2. The second-order valence-electron chi connectivity index (χ2n) is 5.51. The van der Waals surface area contributed by atoms with Gasteiger partial charge in [-0.05, 0) is 38.7 Å². The molecule has 0 atom stereocenters. The van der Waals surface area contributed by atoms with Gasteiger partial charge in [-0.1, -0.05) is 0 Å². The van der Waals surface area contributed by atoms with Gasteiger partial charge in [-0.3, -0.25) is 4.79 Å². The zero-order chi connectivity index (χ0) is 15.4. The van der Waals surface area contributed by atoms with Crippen molar-refractivity contribution < 1.29 is 19.2 Å². The second kappa shape index (κ2) is 7.04. The van der Waals surface area contributed by atoms with Gasteiger partial charge in [-0.2, -0.15) is 0 Å². The monoisotopic (exact) mass is 311 g/mol. The minimum absolute atomic E-state index is 0.0293. The highest BCUT2D eigenvalue weighted by Gasteiger charge is 2.23. The van der Waals surface area contributed by atoms with Gasteiger partial charge < -0.3 is 15.0 Å². The number of hydrogen-bond acceptors (Lipinski definition) is 4. The van der Waals surface area contributed by atoms with Crippen molar-refractivity contribution in [1.82, 2.24) is 0 Å². The number of methoxy groups -OCH3 is 1. The Balaban J connectivity index is 2.06. The first-order valence-electron chi connectivity index (χ1n) is 7.34. The molecular formula is C15H23N2O3S+. The van der Waals surface area contributed by atoms with Crippen molar-refractivity contribution in [3.05, 3.63) is 16.0 Å². The van der Waals surface area contributed by atoms with Crippen LogP contribution in [0.4, 0.5) is 5.00 Å². The number of thiophene rings is 1. The first-order chi connectivity index (χ1) is 10.0. The zero-order valence-corrected chi connectivity index (χ0v) is 13.7. The molecule has 0 radical (unpaired) electrons. The van der Waals surface area contributed by atoms with E-state index in [9.17, 15) is 9.59 Å². The Morgan fingerprint density at radius 3 is 2.52 bits per heavy atom. The average Bonchev–Trinajstić information content (AvgIpc) is 2.74. The standard InChI is InChI=1S/C15H22N2O3S/c1-10-11(2)21-14(13(10)15(19)20-3)16-12(18)9-17-7-5-4-6-8-17/h4-9H2,1-3H3,(H,16,18)/p+1. The molecule has 2 rings (SSSR count). The molecule has 0 bridgehead atoms. The minimum atomic E-state index is -0.391. The maximum atomic E-state index is 12.2. The summed E-state index contributed by atoms with van der Waals surface area (Å²) < 4.78 is 4.81. The molecule has 116 valence electrons. The van der Waals surface area contributed by atoms with Crippen LogP contribution in [0.5, 0.6) is 0 Å². The quantitative estimate of drug-likeness (QED) is 0.820. The molecule has 0 aromatic carbocycles. The predicted octanol–water partition coefficient (Wildman–Crippen LogP) is 1.16. The van der Waals surface area contributed by atoms with Gasteiger partial charge in [0.25, 0.3) is 5.91 Å². The van der Waals surface area contributed by atoms with Crippen LogP contribution in [0.1, 0.15) is 40.1 Å². The third kappa shape index (κ3) is 3.83. The lowest BCUT2D eigenvalue weighted by atomic mass is 10.1. The molecule has 0 saturated carbocycles. The van der Waals surface area contributed by atoms with Gasteiger partial charge in [0.1, 0.15) is 5.00 Å². The van der Waals surface area contributed by atoms with Crippen LogP contribution in [0.25, 0.3) is 0 Å². The number of ether oxygens (including phenoxy) is 1. The van der Waals surface area contributed by atoms with E-state index < -0.39 is 5.97 Å². The molecule has 6 heteroatoms. The predicted molar refractivity (Wildman–Crippen MR) is 83.2 cm³/mol. The fourth-order valence-electron chi connectivity index (χ4n) is 2.69. The molecule has 1 fully saturated rings. The van der Waals surface area contributed by atoms with E-state index in [0.29, 0.717) is 17.1 Å². The Morgan fingerprint density at radius 2 is 1.90 bits per heavy atom. The van der Waals surface area contributed by atoms with E-state index in [1.54, 1.807) is 0 Å². The van der Waals surface area contributed by atoms with Crippen molar-refractivity contribution in [2.24, 2.45) is 0 Å². The van der Waals surface area contributed by atoms with Crippen LogP contribution in [0, 0.1) is 13.8 Å². The van der Waals surface area contributed by atoms with Gasteiger partial charge in [-0.25, -0.2) is 4.79 Å². The summed E-state index contributed by atoms with van der Waals surface area (Å²) in [6, 6.07) is 0. The highest BCUT2D eigenvalue weighted by atomic mass is 32.1. The number of piperidine rings is 1. The molecule has 1 aromatic rings. The molecule has 0 aliphatic carbocycles. The van der Waals surface area contributed by atoms with Crippen molar-refractivity contribution >= 4 is 28.2 Å². The molecule has 1 aliphatic heterocycles. The number of quaternary nitrogens is 1. The number of likely N-dealkylation sites (tertiary alicyclic amines) is 1. The first-order valence-corrected chi connectivity index (χ1v) is 8.16. The van der Waals surface area contributed by atoms with Crippen LogP contribution in [0.15, 0.2) is 0 Å². The Hall–Kier alpha value is -1.40. The second-order valence-corrected chi connectivity index (χ2v) is 6.74. The summed E-state index contributed by atoms with van der Waals surface area (Å²) in [5, 5.41) is 3.50. The van der Waals surface area contributed by atoms with E-state index >= 15 is 0 Å². The lowest BCUT2D eigenvalue weighted by molar-refractivity contribution is -0.896. The molecule has 21 heavy (non-hydrogen) atoms. The molecule has 1 amide bonds. The van der Waals surface area contributed by atoms with Crippen LogP contribution in [-0.2, 0) is 9.53 Å². The van der Waals surface area contributed by atoms with Crippen molar-refractivity contribution in [3.63, 3.8) is 0 Å². The maximum Gasteiger partial charge on any atom is 0.341 e. The summed E-state index contributed by atoms with van der Waals surface area (Å²) in [7, 11) is 1.36. The average molecular weight is 311 g/mol. The van der Waals surface area contributed by atoms with Crippen molar-refractivity contribution in [2.45, 2.75) is 33.1 Å². The molecule has 0 unspecified atom stereocenters.